The summed E-state index contributed by atoms with van der Waals surface area (Å²) in [6.07, 6.45) is 0. The van der Waals surface area contributed by atoms with Crippen molar-refractivity contribution in [2.45, 2.75) is 11.4 Å². The molecule has 0 aromatic heterocycles. The fourth-order valence-corrected chi connectivity index (χ4v) is 1.73. The number of alkyl halides is 4. The Morgan fingerprint density at radius 3 is 2.69 bits per heavy atom. The fourth-order valence-electron chi connectivity index (χ4n) is 1.13. The van der Waals surface area contributed by atoms with Crippen molar-refractivity contribution in [1.82, 2.24) is 0 Å². The van der Waals surface area contributed by atoms with E-state index in [0.717, 1.165) is 11.3 Å². The standard InChI is InChI=1S/C10H11ClF3NS/c11-7-8-2-1-3-9(6-8)15-4-5-16-10(12,13)14/h1-3,6,15H,4-5,7H2. The van der Waals surface area contributed by atoms with Crippen molar-refractivity contribution < 1.29 is 13.2 Å². The summed E-state index contributed by atoms with van der Waals surface area (Å²) in [6, 6.07) is 7.30. The second kappa shape index (κ2) is 6.25. The summed E-state index contributed by atoms with van der Waals surface area (Å²) in [7, 11) is 0. The first kappa shape index (κ1) is 13.5. The smallest absolute Gasteiger partial charge is 0.384 e. The molecule has 0 saturated heterocycles. The minimum Gasteiger partial charge on any atom is -0.384 e. The molecule has 6 heteroatoms. The van der Waals surface area contributed by atoms with E-state index in [0.29, 0.717) is 5.88 Å². The first-order chi connectivity index (χ1) is 7.51. The molecule has 0 aliphatic heterocycles. The zero-order valence-corrected chi connectivity index (χ0v) is 9.92. The highest BCUT2D eigenvalue weighted by Crippen LogP contribution is 2.29. The molecule has 90 valence electrons. The summed E-state index contributed by atoms with van der Waals surface area (Å²) in [4.78, 5) is 0. The van der Waals surface area contributed by atoms with Crippen LogP contribution in [0.2, 0.25) is 0 Å². The Morgan fingerprint density at radius 2 is 2.06 bits per heavy atom. The zero-order valence-electron chi connectivity index (χ0n) is 8.35. The maximum atomic E-state index is 11.8. The second-order valence-corrected chi connectivity index (χ2v) is 4.48. The predicted octanol–water partition coefficient (Wildman–Crippen LogP) is 4.09. The Bertz CT molecular complexity index is 330. The van der Waals surface area contributed by atoms with Gasteiger partial charge in [-0.1, -0.05) is 12.1 Å². The van der Waals surface area contributed by atoms with E-state index in [9.17, 15) is 13.2 Å². The van der Waals surface area contributed by atoms with Crippen LogP contribution in [0.3, 0.4) is 0 Å². The van der Waals surface area contributed by atoms with E-state index < -0.39 is 5.51 Å². The van der Waals surface area contributed by atoms with Crippen molar-refractivity contribution in [3.05, 3.63) is 29.8 Å². The maximum absolute atomic E-state index is 11.8. The van der Waals surface area contributed by atoms with Gasteiger partial charge in [-0.2, -0.15) is 13.2 Å². The van der Waals surface area contributed by atoms with Crippen LogP contribution in [0.1, 0.15) is 5.56 Å². The highest BCUT2D eigenvalue weighted by molar-refractivity contribution is 8.00. The number of nitrogens with one attached hydrogen (secondary N) is 1. The molecule has 0 amide bonds. The monoisotopic (exact) mass is 269 g/mol. The van der Waals surface area contributed by atoms with Crippen LogP contribution in [-0.4, -0.2) is 17.8 Å². The van der Waals surface area contributed by atoms with E-state index in [2.05, 4.69) is 5.32 Å². The fraction of sp³-hybridized carbons (Fsp3) is 0.400. The van der Waals surface area contributed by atoms with Crippen LogP contribution in [0, 0.1) is 0 Å². The van der Waals surface area contributed by atoms with Crippen LogP contribution in [0.15, 0.2) is 24.3 Å². The lowest BCUT2D eigenvalue weighted by molar-refractivity contribution is -0.0327. The average Bonchev–Trinajstić information content (AvgIpc) is 2.23. The SMILES string of the molecule is FC(F)(F)SCCNc1cccc(CCl)c1. The van der Waals surface area contributed by atoms with Crippen molar-refractivity contribution >= 4 is 29.1 Å². The minimum absolute atomic E-state index is 0.00535. The quantitative estimate of drug-likeness (QED) is 0.638. The van der Waals surface area contributed by atoms with Gasteiger partial charge in [-0.3, -0.25) is 0 Å². The van der Waals surface area contributed by atoms with Gasteiger partial charge in [0.1, 0.15) is 0 Å². The number of anilines is 1. The van der Waals surface area contributed by atoms with E-state index in [1.54, 1.807) is 6.07 Å². The Kier molecular flexibility index (Phi) is 5.28. The maximum Gasteiger partial charge on any atom is 0.441 e. The van der Waals surface area contributed by atoms with E-state index in [1.807, 2.05) is 18.2 Å². The summed E-state index contributed by atoms with van der Waals surface area (Å²) in [5, 5.41) is 2.91. The van der Waals surface area contributed by atoms with Gasteiger partial charge in [0.15, 0.2) is 0 Å². The van der Waals surface area contributed by atoms with Gasteiger partial charge in [0, 0.05) is 23.9 Å². The molecule has 0 saturated carbocycles. The van der Waals surface area contributed by atoms with Gasteiger partial charge in [-0.15, -0.1) is 11.6 Å². The van der Waals surface area contributed by atoms with Crippen molar-refractivity contribution in [2.24, 2.45) is 0 Å². The van der Waals surface area contributed by atoms with Gasteiger partial charge < -0.3 is 5.32 Å². The van der Waals surface area contributed by atoms with Crippen LogP contribution in [0.4, 0.5) is 18.9 Å². The van der Waals surface area contributed by atoms with Gasteiger partial charge in [-0.25, -0.2) is 0 Å². The van der Waals surface area contributed by atoms with E-state index >= 15 is 0 Å². The molecular weight excluding hydrogens is 259 g/mol. The second-order valence-electron chi connectivity index (χ2n) is 3.05. The molecule has 0 aliphatic carbocycles. The van der Waals surface area contributed by atoms with Crippen LogP contribution >= 0.6 is 23.4 Å². The van der Waals surface area contributed by atoms with Crippen LogP contribution in [-0.2, 0) is 5.88 Å². The van der Waals surface area contributed by atoms with Gasteiger partial charge in [0.25, 0.3) is 0 Å². The van der Waals surface area contributed by atoms with E-state index in [4.69, 9.17) is 11.6 Å². The van der Waals surface area contributed by atoms with E-state index in [1.165, 1.54) is 0 Å². The Balaban J connectivity index is 2.32. The summed E-state index contributed by atoms with van der Waals surface area (Å²) < 4.78 is 35.5. The number of benzene rings is 1. The third-order valence-corrected chi connectivity index (χ3v) is 2.82. The van der Waals surface area contributed by atoms with Crippen molar-refractivity contribution in [3.63, 3.8) is 0 Å². The Hall–Kier alpha value is -0.550. The van der Waals surface area contributed by atoms with Crippen LogP contribution in [0.25, 0.3) is 0 Å². The lowest BCUT2D eigenvalue weighted by Crippen LogP contribution is -2.09. The third kappa shape index (κ3) is 5.51. The van der Waals surface area contributed by atoms with E-state index in [-0.39, 0.29) is 24.1 Å². The predicted molar refractivity (Wildman–Crippen MR) is 63.0 cm³/mol. The van der Waals surface area contributed by atoms with Gasteiger partial charge in [0.05, 0.1) is 0 Å². The average molecular weight is 270 g/mol. The Labute approximate surface area is 101 Å². The summed E-state index contributed by atoms with van der Waals surface area (Å²) >= 11 is 5.61. The molecule has 0 unspecified atom stereocenters. The first-order valence-electron chi connectivity index (χ1n) is 4.61. The van der Waals surface area contributed by atoms with Gasteiger partial charge >= 0.3 is 5.51 Å². The zero-order chi connectivity index (χ0) is 12.0. The first-order valence-corrected chi connectivity index (χ1v) is 6.13. The number of hydrogen-bond donors (Lipinski definition) is 1. The number of hydrogen-bond acceptors (Lipinski definition) is 2. The molecule has 1 N–H and O–H groups in total. The lowest BCUT2D eigenvalue weighted by atomic mass is 10.2. The molecule has 0 aliphatic rings. The highest BCUT2D eigenvalue weighted by atomic mass is 35.5. The molecule has 0 spiro atoms. The molecule has 0 bridgehead atoms. The molecule has 1 rings (SSSR count). The van der Waals surface area contributed by atoms with Gasteiger partial charge in [-0.05, 0) is 29.5 Å². The van der Waals surface area contributed by atoms with Crippen LogP contribution in [0.5, 0.6) is 0 Å². The summed E-state index contributed by atoms with van der Waals surface area (Å²) in [5.74, 6) is 0.390. The lowest BCUT2D eigenvalue weighted by Gasteiger charge is -2.08. The van der Waals surface area contributed by atoms with Crippen LogP contribution < -0.4 is 5.32 Å². The van der Waals surface area contributed by atoms with Gasteiger partial charge in [0.2, 0.25) is 0 Å². The molecule has 0 radical (unpaired) electrons. The molecule has 0 atom stereocenters. The number of thioether (sulfide) groups is 1. The molecule has 0 heterocycles. The molecule has 16 heavy (non-hydrogen) atoms. The van der Waals surface area contributed by atoms with Crippen molar-refractivity contribution in [3.8, 4) is 0 Å². The summed E-state index contributed by atoms with van der Waals surface area (Å²) in [5.41, 5.74) is -2.42. The topological polar surface area (TPSA) is 12.0 Å². The summed E-state index contributed by atoms with van der Waals surface area (Å²) in [6.45, 7) is 0.274. The third-order valence-electron chi connectivity index (χ3n) is 1.78. The largest absolute Gasteiger partial charge is 0.441 e. The molecule has 1 nitrogen and oxygen atoms in total. The molecule has 0 fully saturated rings. The Morgan fingerprint density at radius 1 is 1.31 bits per heavy atom. The number of halogens is 4. The molecular formula is C10H11ClF3NS. The number of rotatable bonds is 5. The molecule has 1 aromatic rings. The van der Waals surface area contributed by atoms with Crippen molar-refractivity contribution in [2.75, 3.05) is 17.6 Å². The highest BCUT2D eigenvalue weighted by Gasteiger charge is 2.27. The normalized spacial score (nSPS) is 11.5. The minimum atomic E-state index is -4.15. The van der Waals surface area contributed by atoms with Crippen molar-refractivity contribution in [1.29, 1.82) is 0 Å². The molecule has 1 aromatic carbocycles.